The molecular weight excluding hydrogens is 336 g/mol. The molecule has 1 N–H and O–H groups in total. The van der Waals surface area contributed by atoms with Crippen LogP contribution in [0.1, 0.15) is 37.7 Å². The average molecular weight is 367 g/mol. The van der Waals surface area contributed by atoms with Crippen molar-refractivity contribution in [2.75, 3.05) is 32.6 Å². The van der Waals surface area contributed by atoms with Crippen LogP contribution in [0.2, 0.25) is 0 Å². The van der Waals surface area contributed by atoms with Gasteiger partial charge in [0, 0.05) is 12.2 Å². The van der Waals surface area contributed by atoms with Crippen LogP contribution in [0.15, 0.2) is 54.6 Å². The summed E-state index contributed by atoms with van der Waals surface area (Å²) < 4.78 is 5.73. The minimum atomic E-state index is -0.416. The standard InChI is InChI=1S/C23H30N2O2/c1-25(2)17-18-27-21-13-11-20(12-14-21)24-22(26)23(15-7-4-8-16-23)19-9-5-3-6-10-19/h3,5-6,9-14H,4,7-8,15-18H2,1-2H3,(H,24,26). The lowest BCUT2D eigenvalue weighted by Gasteiger charge is -2.36. The molecule has 1 fully saturated rings. The van der Waals surface area contributed by atoms with E-state index < -0.39 is 5.41 Å². The van der Waals surface area contributed by atoms with Gasteiger partial charge in [-0.05, 0) is 56.8 Å². The molecular formula is C23H30N2O2. The maximum atomic E-state index is 13.3. The lowest BCUT2D eigenvalue weighted by atomic mass is 9.68. The van der Waals surface area contributed by atoms with Gasteiger partial charge in [-0.25, -0.2) is 0 Å². The molecule has 3 rings (SSSR count). The van der Waals surface area contributed by atoms with Gasteiger partial charge in [-0.15, -0.1) is 0 Å². The van der Waals surface area contributed by atoms with Gasteiger partial charge in [-0.1, -0.05) is 49.6 Å². The third kappa shape index (κ3) is 4.89. The molecule has 0 spiro atoms. The number of amides is 1. The Kier molecular flexibility index (Phi) is 6.51. The molecule has 0 aliphatic heterocycles. The summed E-state index contributed by atoms with van der Waals surface area (Å²) >= 11 is 0. The van der Waals surface area contributed by atoms with Gasteiger partial charge in [-0.2, -0.15) is 0 Å². The number of likely N-dealkylation sites (N-methyl/N-ethyl adjacent to an activating group) is 1. The maximum Gasteiger partial charge on any atom is 0.235 e. The second-order valence-electron chi connectivity index (χ2n) is 7.64. The van der Waals surface area contributed by atoms with Gasteiger partial charge in [0.15, 0.2) is 0 Å². The van der Waals surface area contributed by atoms with Gasteiger partial charge < -0.3 is 15.0 Å². The first kappa shape index (κ1) is 19.4. The number of hydrogen-bond donors (Lipinski definition) is 1. The first-order valence-corrected chi connectivity index (χ1v) is 9.85. The number of nitrogens with one attached hydrogen (secondary N) is 1. The number of benzene rings is 2. The van der Waals surface area contributed by atoms with Gasteiger partial charge in [-0.3, -0.25) is 4.79 Å². The Morgan fingerprint density at radius 3 is 2.30 bits per heavy atom. The maximum absolute atomic E-state index is 13.3. The van der Waals surface area contributed by atoms with Crippen LogP contribution >= 0.6 is 0 Å². The molecule has 1 aliphatic carbocycles. The highest BCUT2D eigenvalue weighted by atomic mass is 16.5. The van der Waals surface area contributed by atoms with E-state index in [0.29, 0.717) is 6.61 Å². The summed E-state index contributed by atoms with van der Waals surface area (Å²) in [7, 11) is 4.05. The molecule has 0 heterocycles. The van der Waals surface area contributed by atoms with E-state index in [9.17, 15) is 4.79 Å². The van der Waals surface area contributed by atoms with Crippen LogP contribution in [-0.4, -0.2) is 38.1 Å². The Bertz CT molecular complexity index is 720. The predicted molar refractivity (Wildman–Crippen MR) is 110 cm³/mol. The van der Waals surface area contributed by atoms with E-state index in [-0.39, 0.29) is 5.91 Å². The number of carbonyl (C=O) groups excluding carboxylic acids is 1. The van der Waals surface area contributed by atoms with Crippen molar-refractivity contribution in [3.8, 4) is 5.75 Å². The summed E-state index contributed by atoms with van der Waals surface area (Å²) in [6.07, 6.45) is 5.23. The summed E-state index contributed by atoms with van der Waals surface area (Å²) in [5.74, 6) is 0.931. The molecule has 1 saturated carbocycles. The summed E-state index contributed by atoms with van der Waals surface area (Å²) in [5, 5.41) is 3.15. The van der Waals surface area contributed by atoms with Gasteiger partial charge >= 0.3 is 0 Å². The Balaban J connectivity index is 1.69. The molecule has 0 bridgehead atoms. The van der Waals surface area contributed by atoms with Gasteiger partial charge in [0.1, 0.15) is 12.4 Å². The van der Waals surface area contributed by atoms with Crippen LogP contribution in [0.25, 0.3) is 0 Å². The molecule has 2 aromatic rings. The second kappa shape index (κ2) is 9.05. The van der Waals surface area contributed by atoms with Crippen molar-refractivity contribution in [3.63, 3.8) is 0 Å². The van der Waals surface area contributed by atoms with E-state index in [1.807, 2.05) is 56.6 Å². The normalized spacial score (nSPS) is 16.1. The van der Waals surface area contributed by atoms with Crippen molar-refractivity contribution >= 4 is 11.6 Å². The van der Waals surface area contributed by atoms with Crippen LogP contribution in [0.3, 0.4) is 0 Å². The minimum Gasteiger partial charge on any atom is -0.492 e. The number of ether oxygens (including phenoxy) is 1. The molecule has 0 atom stereocenters. The van der Waals surface area contributed by atoms with Crippen LogP contribution in [-0.2, 0) is 10.2 Å². The van der Waals surface area contributed by atoms with Gasteiger partial charge in [0.05, 0.1) is 5.41 Å². The van der Waals surface area contributed by atoms with Gasteiger partial charge in [0.25, 0.3) is 0 Å². The van der Waals surface area contributed by atoms with Crippen molar-refractivity contribution in [1.29, 1.82) is 0 Å². The summed E-state index contributed by atoms with van der Waals surface area (Å²) in [4.78, 5) is 15.4. The van der Waals surface area contributed by atoms with E-state index in [0.717, 1.165) is 49.2 Å². The second-order valence-corrected chi connectivity index (χ2v) is 7.64. The third-order valence-corrected chi connectivity index (χ3v) is 5.39. The van der Waals surface area contributed by atoms with E-state index in [1.54, 1.807) is 0 Å². The van der Waals surface area contributed by atoms with Crippen LogP contribution < -0.4 is 10.1 Å². The zero-order chi connectivity index (χ0) is 19.1. The molecule has 4 nitrogen and oxygen atoms in total. The topological polar surface area (TPSA) is 41.6 Å². The molecule has 0 aromatic heterocycles. The summed E-state index contributed by atoms with van der Waals surface area (Å²) in [6.45, 7) is 1.52. The quantitative estimate of drug-likeness (QED) is 0.786. The Labute approximate surface area is 162 Å². The van der Waals surface area contributed by atoms with Gasteiger partial charge in [0.2, 0.25) is 5.91 Å². The zero-order valence-electron chi connectivity index (χ0n) is 16.4. The molecule has 0 unspecified atom stereocenters. The van der Waals surface area contributed by atoms with Crippen LogP contribution in [0.4, 0.5) is 5.69 Å². The minimum absolute atomic E-state index is 0.106. The number of hydrogen-bond acceptors (Lipinski definition) is 3. The van der Waals surface area contributed by atoms with E-state index in [2.05, 4.69) is 22.3 Å². The Hall–Kier alpha value is -2.33. The average Bonchev–Trinajstić information content (AvgIpc) is 2.70. The first-order chi connectivity index (χ1) is 13.1. The molecule has 4 heteroatoms. The largest absolute Gasteiger partial charge is 0.492 e. The molecule has 27 heavy (non-hydrogen) atoms. The summed E-state index contributed by atoms with van der Waals surface area (Å²) in [6, 6.07) is 17.9. The monoisotopic (exact) mass is 366 g/mol. The molecule has 2 aromatic carbocycles. The molecule has 0 saturated heterocycles. The Morgan fingerprint density at radius 2 is 1.67 bits per heavy atom. The van der Waals surface area contributed by atoms with E-state index >= 15 is 0 Å². The van der Waals surface area contributed by atoms with Crippen LogP contribution in [0.5, 0.6) is 5.75 Å². The first-order valence-electron chi connectivity index (χ1n) is 9.85. The number of carbonyl (C=O) groups is 1. The fraction of sp³-hybridized carbons (Fsp3) is 0.435. The smallest absolute Gasteiger partial charge is 0.235 e. The summed E-state index contributed by atoms with van der Waals surface area (Å²) in [5.41, 5.74) is 1.53. The van der Waals surface area contributed by atoms with Crippen molar-refractivity contribution in [3.05, 3.63) is 60.2 Å². The van der Waals surface area contributed by atoms with Crippen molar-refractivity contribution in [2.45, 2.75) is 37.5 Å². The van der Waals surface area contributed by atoms with Crippen molar-refractivity contribution < 1.29 is 9.53 Å². The molecule has 0 radical (unpaired) electrons. The number of nitrogens with zero attached hydrogens (tertiary/aromatic N) is 1. The lowest BCUT2D eigenvalue weighted by molar-refractivity contribution is -0.122. The van der Waals surface area contributed by atoms with E-state index in [1.165, 1.54) is 6.42 Å². The highest BCUT2D eigenvalue weighted by Crippen LogP contribution is 2.40. The third-order valence-electron chi connectivity index (χ3n) is 5.39. The molecule has 144 valence electrons. The van der Waals surface area contributed by atoms with Crippen molar-refractivity contribution in [2.24, 2.45) is 0 Å². The molecule has 1 amide bonds. The van der Waals surface area contributed by atoms with Crippen LogP contribution in [0, 0.1) is 0 Å². The fourth-order valence-electron chi connectivity index (χ4n) is 3.79. The highest BCUT2D eigenvalue weighted by molar-refractivity contribution is 5.99. The predicted octanol–water partition coefficient (Wildman–Crippen LogP) is 4.47. The number of anilines is 1. The fourth-order valence-corrected chi connectivity index (χ4v) is 3.79. The lowest BCUT2D eigenvalue weighted by Crippen LogP contribution is -2.42. The van der Waals surface area contributed by atoms with Crippen molar-refractivity contribution in [1.82, 2.24) is 4.90 Å². The highest BCUT2D eigenvalue weighted by Gasteiger charge is 2.40. The van der Waals surface area contributed by atoms with E-state index in [4.69, 9.17) is 4.74 Å². The Morgan fingerprint density at radius 1 is 1.00 bits per heavy atom. The number of rotatable bonds is 7. The molecule has 1 aliphatic rings. The zero-order valence-corrected chi connectivity index (χ0v) is 16.4. The SMILES string of the molecule is CN(C)CCOc1ccc(NC(=O)C2(c3ccccc3)CCCCC2)cc1.